The lowest BCUT2D eigenvalue weighted by molar-refractivity contribution is -0.133. The van der Waals surface area contributed by atoms with Crippen LogP contribution in [0.3, 0.4) is 0 Å². The van der Waals surface area contributed by atoms with E-state index >= 15 is 0 Å². The van der Waals surface area contributed by atoms with E-state index in [1.165, 1.54) is 0 Å². The normalized spacial score (nSPS) is 25.9. The lowest BCUT2D eigenvalue weighted by Gasteiger charge is -2.26. The molecular weight excluding hydrogens is 192 g/mol. The highest BCUT2D eigenvalue weighted by molar-refractivity contribution is 5.83. The summed E-state index contributed by atoms with van der Waals surface area (Å²) >= 11 is 0. The average molecular weight is 214 g/mol. The topological polar surface area (TPSA) is 50.4 Å². The Morgan fingerprint density at radius 2 is 2.33 bits per heavy atom. The number of carbonyl (C=O) groups is 1. The quantitative estimate of drug-likeness (QED) is 0.696. The molecule has 0 aromatic heterocycles. The molecule has 0 radical (unpaired) electrons. The van der Waals surface area contributed by atoms with E-state index in [0.717, 1.165) is 26.1 Å². The third kappa shape index (κ3) is 3.18. The fraction of sp³-hybridized carbons (Fsp3) is 0.909. The van der Waals surface area contributed by atoms with Gasteiger partial charge in [-0.15, -0.1) is 0 Å². The second kappa shape index (κ2) is 5.47. The number of carbonyl (C=O) groups excluding carboxylic acids is 1. The molecule has 0 aliphatic carbocycles. The predicted octanol–water partition coefficient (Wildman–Crippen LogP) is 0.385. The molecule has 1 unspecified atom stereocenters. The summed E-state index contributed by atoms with van der Waals surface area (Å²) in [7, 11) is 1.65. The van der Waals surface area contributed by atoms with Gasteiger partial charge in [0.1, 0.15) is 0 Å². The van der Waals surface area contributed by atoms with Crippen LogP contribution in [0.2, 0.25) is 0 Å². The van der Waals surface area contributed by atoms with Crippen molar-refractivity contribution in [2.75, 3.05) is 33.4 Å². The van der Waals surface area contributed by atoms with Gasteiger partial charge in [-0.05, 0) is 18.9 Å². The van der Waals surface area contributed by atoms with Crippen molar-refractivity contribution >= 4 is 5.91 Å². The molecule has 1 atom stereocenters. The zero-order valence-corrected chi connectivity index (χ0v) is 9.93. The Labute approximate surface area is 91.8 Å². The van der Waals surface area contributed by atoms with E-state index in [0.29, 0.717) is 12.5 Å². The van der Waals surface area contributed by atoms with Gasteiger partial charge in [0.25, 0.3) is 0 Å². The van der Waals surface area contributed by atoms with Gasteiger partial charge in [0, 0.05) is 20.2 Å². The lowest BCUT2D eigenvalue weighted by atomic mass is 9.87. The van der Waals surface area contributed by atoms with Crippen molar-refractivity contribution in [3.63, 3.8) is 0 Å². The van der Waals surface area contributed by atoms with Gasteiger partial charge >= 0.3 is 0 Å². The maximum absolute atomic E-state index is 12.0. The Kier molecular flexibility index (Phi) is 4.54. The van der Waals surface area contributed by atoms with Crippen LogP contribution in [0.1, 0.15) is 20.3 Å². The van der Waals surface area contributed by atoms with Crippen LogP contribution in [0.25, 0.3) is 0 Å². The van der Waals surface area contributed by atoms with Gasteiger partial charge in [-0.1, -0.05) is 13.8 Å². The van der Waals surface area contributed by atoms with E-state index in [4.69, 9.17) is 4.74 Å². The van der Waals surface area contributed by atoms with Crippen LogP contribution in [0.4, 0.5) is 0 Å². The summed E-state index contributed by atoms with van der Waals surface area (Å²) in [6, 6.07) is 0. The fourth-order valence-corrected chi connectivity index (χ4v) is 1.89. The number of hydrogen-bond donors (Lipinski definition) is 2. The Bertz CT molecular complexity index is 211. The molecule has 1 saturated heterocycles. The number of hydrogen-bond acceptors (Lipinski definition) is 3. The molecule has 1 rings (SSSR count). The van der Waals surface area contributed by atoms with Gasteiger partial charge in [-0.3, -0.25) is 4.79 Å². The molecule has 2 N–H and O–H groups in total. The Morgan fingerprint density at radius 1 is 1.60 bits per heavy atom. The molecule has 4 heteroatoms. The minimum Gasteiger partial charge on any atom is -0.384 e. The highest BCUT2D eigenvalue weighted by Crippen LogP contribution is 2.25. The van der Waals surface area contributed by atoms with Crippen LogP contribution in [0.15, 0.2) is 0 Å². The van der Waals surface area contributed by atoms with Crippen molar-refractivity contribution < 1.29 is 9.53 Å². The highest BCUT2D eigenvalue weighted by Gasteiger charge is 2.41. The van der Waals surface area contributed by atoms with Crippen LogP contribution in [-0.2, 0) is 9.53 Å². The van der Waals surface area contributed by atoms with E-state index in [1.807, 2.05) is 0 Å². The number of nitrogens with one attached hydrogen (secondary N) is 2. The van der Waals surface area contributed by atoms with Crippen molar-refractivity contribution in [2.45, 2.75) is 20.3 Å². The Hall–Kier alpha value is -0.610. The van der Waals surface area contributed by atoms with Crippen molar-refractivity contribution in [3.05, 3.63) is 0 Å². The summed E-state index contributed by atoms with van der Waals surface area (Å²) in [5, 5.41) is 6.22. The van der Waals surface area contributed by atoms with Gasteiger partial charge in [-0.25, -0.2) is 0 Å². The van der Waals surface area contributed by atoms with Crippen LogP contribution in [0.5, 0.6) is 0 Å². The highest BCUT2D eigenvalue weighted by atomic mass is 16.5. The first-order valence-corrected chi connectivity index (χ1v) is 5.59. The maximum atomic E-state index is 12.0. The smallest absolute Gasteiger partial charge is 0.229 e. The molecule has 0 spiro atoms. The van der Waals surface area contributed by atoms with E-state index in [9.17, 15) is 4.79 Å². The van der Waals surface area contributed by atoms with E-state index < -0.39 is 0 Å². The number of ether oxygens (including phenoxy) is 1. The molecule has 1 heterocycles. The van der Waals surface area contributed by atoms with Crippen LogP contribution in [0, 0.1) is 11.3 Å². The molecule has 1 fully saturated rings. The third-order valence-electron chi connectivity index (χ3n) is 2.82. The maximum Gasteiger partial charge on any atom is 0.229 e. The number of amides is 1. The summed E-state index contributed by atoms with van der Waals surface area (Å²) in [6.45, 7) is 7.06. The van der Waals surface area contributed by atoms with Crippen LogP contribution in [-0.4, -0.2) is 39.3 Å². The minimum absolute atomic E-state index is 0.128. The number of rotatable bonds is 5. The molecule has 1 amide bonds. The molecule has 1 aliphatic rings. The zero-order valence-electron chi connectivity index (χ0n) is 9.93. The van der Waals surface area contributed by atoms with Crippen molar-refractivity contribution in [1.29, 1.82) is 0 Å². The first-order valence-electron chi connectivity index (χ1n) is 5.59. The summed E-state index contributed by atoms with van der Waals surface area (Å²) in [4.78, 5) is 12.0. The molecule has 15 heavy (non-hydrogen) atoms. The molecule has 0 saturated carbocycles. The molecular formula is C11H22N2O2. The predicted molar refractivity (Wildman–Crippen MR) is 59.6 cm³/mol. The average Bonchev–Trinajstić information content (AvgIpc) is 2.64. The monoisotopic (exact) mass is 214 g/mol. The second-order valence-electron chi connectivity index (χ2n) is 4.74. The SMILES string of the molecule is COCC1(C(=O)NCC(C)C)CCNC1. The van der Waals surface area contributed by atoms with Crippen LogP contribution >= 0.6 is 0 Å². The first-order chi connectivity index (χ1) is 7.10. The molecule has 4 nitrogen and oxygen atoms in total. The largest absolute Gasteiger partial charge is 0.384 e. The Balaban J connectivity index is 2.51. The molecule has 0 aromatic carbocycles. The van der Waals surface area contributed by atoms with Crippen LogP contribution < -0.4 is 10.6 Å². The standard InChI is InChI=1S/C11H22N2O2/c1-9(2)6-13-10(14)11(8-15-3)4-5-12-7-11/h9,12H,4-8H2,1-3H3,(H,13,14). The number of methoxy groups -OCH3 is 1. The molecule has 1 aliphatic heterocycles. The van der Waals surface area contributed by atoms with Gasteiger partial charge in [0.2, 0.25) is 5.91 Å². The van der Waals surface area contributed by atoms with Gasteiger partial charge in [-0.2, -0.15) is 0 Å². The minimum atomic E-state index is -0.344. The molecule has 0 bridgehead atoms. The summed E-state index contributed by atoms with van der Waals surface area (Å²) < 4.78 is 5.16. The first kappa shape index (κ1) is 12.5. The van der Waals surface area contributed by atoms with Gasteiger partial charge < -0.3 is 15.4 Å². The van der Waals surface area contributed by atoms with E-state index in [1.54, 1.807) is 7.11 Å². The summed E-state index contributed by atoms with van der Waals surface area (Å²) in [5.74, 6) is 0.617. The molecule has 88 valence electrons. The van der Waals surface area contributed by atoms with Crippen molar-refractivity contribution in [3.8, 4) is 0 Å². The van der Waals surface area contributed by atoms with E-state index in [-0.39, 0.29) is 11.3 Å². The third-order valence-corrected chi connectivity index (χ3v) is 2.82. The zero-order chi connectivity index (χ0) is 11.3. The van der Waals surface area contributed by atoms with Gasteiger partial charge in [0.05, 0.1) is 12.0 Å². The van der Waals surface area contributed by atoms with Crippen molar-refractivity contribution in [2.24, 2.45) is 11.3 Å². The van der Waals surface area contributed by atoms with Crippen molar-refractivity contribution in [1.82, 2.24) is 10.6 Å². The second-order valence-corrected chi connectivity index (χ2v) is 4.74. The summed E-state index contributed by atoms with van der Waals surface area (Å²) in [5.41, 5.74) is -0.344. The van der Waals surface area contributed by atoms with Gasteiger partial charge in [0.15, 0.2) is 0 Å². The summed E-state index contributed by atoms with van der Waals surface area (Å²) in [6.07, 6.45) is 0.866. The lowest BCUT2D eigenvalue weighted by Crippen LogP contribution is -2.46. The molecule has 0 aromatic rings. The fourth-order valence-electron chi connectivity index (χ4n) is 1.89. The van der Waals surface area contributed by atoms with E-state index in [2.05, 4.69) is 24.5 Å². The Morgan fingerprint density at radius 3 is 2.80 bits per heavy atom.